The highest BCUT2D eigenvalue weighted by Crippen LogP contribution is 2.30. The molecule has 1 aliphatic rings. The van der Waals surface area contributed by atoms with Crippen LogP contribution in [0.4, 0.5) is 0 Å². The number of nitrogens with two attached hydrogens (primary N) is 1. The van der Waals surface area contributed by atoms with E-state index in [0.29, 0.717) is 18.7 Å². The molecule has 2 aromatic rings. The minimum Gasteiger partial charge on any atom is -0.339 e. The fraction of sp³-hybridized carbons (Fsp3) is 0.235. The highest BCUT2D eigenvalue weighted by molar-refractivity contribution is 7.89. The van der Waals surface area contributed by atoms with E-state index in [2.05, 4.69) is 0 Å². The lowest BCUT2D eigenvalue weighted by Crippen LogP contribution is -2.30. The Bertz CT molecular complexity index is 826. The smallest absolute Gasteiger partial charge is 0.255 e. The van der Waals surface area contributed by atoms with Crippen LogP contribution >= 0.6 is 0 Å². The summed E-state index contributed by atoms with van der Waals surface area (Å²) in [6, 6.07) is 14.0. The molecule has 0 unspecified atom stereocenters. The van der Waals surface area contributed by atoms with Crippen LogP contribution in [0.15, 0.2) is 53.4 Å². The van der Waals surface area contributed by atoms with Crippen LogP contribution in [0, 0.1) is 0 Å². The molecule has 0 bridgehead atoms. The van der Waals surface area contributed by atoms with Crippen molar-refractivity contribution in [2.24, 2.45) is 5.14 Å². The second-order valence-corrected chi connectivity index (χ2v) is 7.12. The summed E-state index contributed by atoms with van der Waals surface area (Å²) in [4.78, 5) is 14.5. The van der Waals surface area contributed by atoms with Gasteiger partial charge in [0.1, 0.15) is 0 Å². The highest BCUT2D eigenvalue weighted by atomic mass is 32.2. The molecular formula is C17H18N2O3S. The van der Waals surface area contributed by atoms with Gasteiger partial charge in [0.15, 0.2) is 0 Å². The van der Waals surface area contributed by atoms with Crippen LogP contribution in [0.1, 0.15) is 23.2 Å². The molecule has 0 radical (unpaired) electrons. The predicted octanol–water partition coefficient (Wildman–Crippen LogP) is 2.24. The molecule has 2 N–H and O–H groups in total. The van der Waals surface area contributed by atoms with Gasteiger partial charge in [0.05, 0.1) is 10.5 Å². The molecule has 120 valence electrons. The van der Waals surface area contributed by atoms with Crippen molar-refractivity contribution < 1.29 is 13.2 Å². The zero-order valence-corrected chi connectivity index (χ0v) is 13.4. The topological polar surface area (TPSA) is 80.5 Å². The molecule has 1 aliphatic heterocycles. The molecule has 1 fully saturated rings. The van der Waals surface area contributed by atoms with Crippen molar-refractivity contribution in [2.45, 2.75) is 17.7 Å². The number of hydrogen-bond donors (Lipinski definition) is 1. The molecule has 23 heavy (non-hydrogen) atoms. The molecule has 1 saturated heterocycles. The molecule has 6 heteroatoms. The van der Waals surface area contributed by atoms with Crippen LogP contribution in [-0.2, 0) is 10.0 Å². The lowest BCUT2D eigenvalue weighted by Gasteiger charge is -2.20. The van der Waals surface area contributed by atoms with E-state index in [1.807, 2.05) is 30.3 Å². The third-order valence-corrected chi connectivity index (χ3v) is 4.98. The first-order valence-electron chi connectivity index (χ1n) is 7.49. The Balaban J connectivity index is 2.22. The quantitative estimate of drug-likeness (QED) is 0.937. The molecule has 5 nitrogen and oxygen atoms in total. The van der Waals surface area contributed by atoms with Gasteiger partial charge in [0.25, 0.3) is 5.91 Å². The van der Waals surface area contributed by atoms with Crippen molar-refractivity contribution in [3.8, 4) is 11.1 Å². The first-order chi connectivity index (χ1) is 11.0. The van der Waals surface area contributed by atoms with Crippen LogP contribution in [0.25, 0.3) is 11.1 Å². The Morgan fingerprint density at radius 1 is 0.957 bits per heavy atom. The fourth-order valence-corrected chi connectivity index (χ4v) is 3.68. The van der Waals surface area contributed by atoms with Gasteiger partial charge in [-0.3, -0.25) is 4.79 Å². The summed E-state index contributed by atoms with van der Waals surface area (Å²) >= 11 is 0. The number of carbonyl (C=O) groups is 1. The van der Waals surface area contributed by atoms with Crippen LogP contribution in [-0.4, -0.2) is 32.3 Å². The van der Waals surface area contributed by atoms with E-state index < -0.39 is 10.0 Å². The zero-order chi connectivity index (χ0) is 16.4. The van der Waals surface area contributed by atoms with Gasteiger partial charge in [-0.2, -0.15) is 0 Å². The second-order valence-electron chi connectivity index (χ2n) is 5.59. The van der Waals surface area contributed by atoms with E-state index in [-0.39, 0.29) is 16.4 Å². The molecule has 0 atom stereocenters. The second kappa shape index (κ2) is 6.14. The summed E-state index contributed by atoms with van der Waals surface area (Å²) in [5.74, 6) is -0.272. The summed E-state index contributed by atoms with van der Waals surface area (Å²) in [5, 5.41) is 5.34. The van der Waals surface area contributed by atoms with Gasteiger partial charge >= 0.3 is 0 Å². The molecule has 0 saturated carbocycles. The summed E-state index contributed by atoms with van der Waals surface area (Å²) in [7, 11) is -3.99. The van der Waals surface area contributed by atoms with E-state index >= 15 is 0 Å². The standard InChI is InChI=1S/C17H18N2O3S/c18-23(21,22)15-10-6-9-14(13-7-2-1-3-8-13)16(15)17(20)19-11-4-5-12-19/h1-3,6-10H,4-5,11-12H2,(H2,18,21,22). The maximum absolute atomic E-state index is 12.9. The number of benzene rings is 2. The average molecular weight is 330 g/mol. The van der Waals surface area contributed by atoms with Gasteiger partial charge in [0, 0.05) is 13.1 Å². The van der Waals surface area contributed by atoms with Gasteiger partial charge in [-0.1, -0.05) is 42.5 Å². The number of carbonyl (C=O) groups excluding carboxylic acids is 1. The Kier molecular flexibility index (Phi) is 4.19. The summed E-state index contributed by atoms with van der Waals surface area (Å²) < 4.78 is 23.9. The van der Waals surface area contributed by atoms with Crippen LogP contribution < -0.4 is 5.14 Å². The zero-order valence-electron chi connectivity index (χ0n) is 12.6. The number of hydrogen-bond acceptors (Lipinski definition) is 3. The van der Waals surface area contributed by atoms with E-state index in [4.69, 9.17) is 5.14 Å². The summed E-state index contributed by atoms with van der Waals surface area (Å²) in [6.45, 7) is 1.29. The van der Waals surface area contributed by atoms with E-state index in [1.165, 1.54) is 6.07 Å². The first-order valence-corrected chi connectivity index (χ1v) is 9.03. The van der Waals surface area contributed by atoms with Crippen LogP contribution in [0.2, 0.25) is 0 Å². The third-order valence-electron chi connectivity index (χ3n) is 4.02. The number of nitrogens with zero attached hydrogens (tertiary/aromatic N) is 1. The first kappa shape index (κ1) is 15.7. The van der Waals surface area contributed by atoms with Gasteiger partial charge < -0.3 is 4.90 Å². The van der Waals surface area contributed by atoms with Gasteiger partial charge in [-0.05, 0) is 30.0 Å². The number of primary sulfonamides is 1. The molecule has 0 aliphatic carbocycles. The lowest BCUT2D eigenvalue weighted by molar-refractivity contribution is 0.0790. The van der Waals surface area contributed by atoms with Crippen molar-refractivity contribution >= 4 is 15.9 Å². The van der Waals surface area contributed by atoms with Crippen molar-refractivity contribution in [1.82, 2.24) is 4.90 Å². The Hall–Kier alpha value is -2.18. The Labute approximate surface area is 135 Å². The normalized spacial score (nSPS) is 14.9. The van der Waals surface area contributed by atoms with Crippen molar-refractivity contribution in [2.75, 3.05) is 13.1 Å². The SMILES string of the molecule is NS(=O)(=O)c1cccc(-c2ccccc2)c1C(=O)N1CCCC1. The number of amides is 1. The summed E-state index contributed by atoms with van der Waals surface area (Å²) in [6.07, 6.45) is 1.87. The average Bonchev–Trinajstić information content (AvgIpc) is 3.08. The lowest BCUT2D eigenvalue weighted by atomic mass is 9.99. The van der Waals surface area contributed by atoms with E-state index in [0.717, 1.165) is 18.4 Å². The molecule has 0 aromatic heterocycles. The monoisotopic (exact) mass is 330 g/mol. The maximum Gasteiger partial charge on any atom is 0.255 e. The van der Waals surface area contributed by atoms with Crippen LogP contribution in [0.3, 0.4) is 0 Å². The van der Waals surface area contributed by atoms with Crippen LogP contribution in [0.5, 0.6) is 0 Å². The molecule has 1 amide bonds. The van der Waals surface area contributed by atoms with Gasteiger partial charge in [-0.25, -0.2) is 13.6 Å². The molecule has 3 rings (SSSR count). The minimum absolute atomic E-state index is 0.115. The third kappa shape index (κ3) is 3.13. The summed E-state index contributed by atoms with van der Waals surface area (Å²) in [5.41, 5.74) is 1.55. The van der Waals surface area contributed by atoms with Gasteiger partial charge in [-0.15, -0.1) is 0 Å². The van der Waals surface area contributed by atoms with Crippen molar-refractivity contribution in [3.05, 3.63) is 54.1 Å². The highest BCUT2D eigenvalue weighted by Gasteiger charge is 2.28. The maximum atomic E-state index is 12.9. The molecular weight excluding hydrogens is 312 g/mol. The Morgan fingerprint density at radius 3 is 2.22 bits per heavy atom. The predicted molar refractivity (Wildman–Crippen MR) is 88.4 cm³/mol. The minimum atomic E-state index is -3.99. The molecule has 0 spiro atoms. The van der Waals surface area contributed by atoms with Gasteiger partial charge in [0.2, 0.25) is 10.0 Å². The number of sulfonamides is 1. The Morgan fingerprint density at radius 2 is 1.61 bits per heavy atom. The molecule has 1 heterocycles. The number of likely N-dealkylation sites (tertiary alicyclic amines) is 1. The largest absolute Gasteiger partial charge is 0.339 e. The molecule has 2 aromatic carbocycles. The van der Waals surface area contributed by atoms with Crippen molar-refractivity contribution in [3.63, 3.8) is 0 Å². The number of rotatable bonds is 3. The van der Waals surface area contributed by atoms with E-state index in [9.17, 15) is 13.2 Å². The fourth-order valence-electron chi connectivity index (χ4n) is 2.93. The van der Waals surface area contributed by atoms with Crippen molar-refractivity contribution in [1.29, 1.82) is 0 Å². The van der Waals surface area contributed by atoms with E-state index in [1.54, 1.807) is 17.0 Å².